The number of hydrogen-bond donors (Lipinski definition) is 1. The summed E-state index contributed by atoms with van der Waals surface area (Å²) in [5.41, 5.74) is 2.00. The van der Waals surface area contributed by atoms with E-state index in [1.807, 2.05) is 62.4 Å². The van der Waals surface area contributed by atoms with Crippen molar-refractivity contribution >= 4 is 5.57 Å². The molecular formula is C20H22O4. The van der Waals surface area contributed by atoms with Crippen LogP contribution >= 0.6 is 0 Å². The van der Waals surface area contributed by atoms with Crippen molar-refractivity contribution in [2.75, 3.05) is 14.2 Å². The summed E-state index contributed by atoms with van der Waals surface area (Å²) in [4.78, 5) is 0. The van der Waals surface area contributed by atoms with Gasteiger partial charge in [-0.3, -0.25) is 0 Å². The standard InChI is InChI=1S/C20H22O4/c1-20(2)12-17(16-10-9-15(23-4)11-18(16)24-20)19(21)13-5-7-14(22-3)8-6-13/h5-12,19,21H,1-4H3. The van der Waals surface area contributed by atoms with E-state index in [0.29, 0.717) is 5.75 Å². The highest BCUT2D eigenvalue weighted by atomic mass is 16.5. The Morgan fingerprint density at radius 3 is 2.21 bits per heavy atom. The van der Waals surface area contributed by atoms with E-state index in [1.54, 1.807) is 14.2 Å². The summed E-state index contributed by atoms with van der Waals surface area (Å²) in [6, 6.07) is 13.1. The largest absolute Gasteiger partial charge is 0.497 e. The molecule has 1 heterocycles. The SMILES string of the molecule is COc1ccc(C(O)C2=CC(C)(C)Oc3cc(OC)ccc32)cc1. The van der Waals surface area contributed by atoms with Crippen LogP contribution in [0.2, 0.25) is 0 Å². The lowest BCUT2D eigenvalue weighted by Gasteiger charge is -2.33. The summed E-state index contributed by atoms with van der Waals surface area (Å²) >= 11 is 0. The first-order chi connectivity index (χ1) is 11.4. The summed E-state index contributed by atoms with van der Waals surface area (Å²) < 4.78 is 16.5. The van der Waals surface area contributed by atoms with E-state index in [4.69, 9.17) is 14.2 Å². The molecular weight excluding hydrogens is 304 g/mol. The number of ether oxygens (including phenoxy) is 3. The third-order valence-corrected chi connectivity index (χ3v) is 4.10. The van der Waals surface area contributed by atoms with Crippen molar-refractivity contribution in [1.29, 1.82) is 0 Å². The van der Waals surface area contributed by atoms with Gasteiger partial charge in [-0.1, -0.05) is 12.1 Å². The highest BCUT2D eigenvalue weighted by Gasteiger charge is 2.30. The Morgan fingerprint density at radius 2 is 1.58 bits per heavy atom. The van der Waals surface area contributed by atoms with Gasteiger partial charge in [-0.05, 0) is 55.3 Å². The van der Waals surface area contributed by atoms with Crippen LogP contribution < -0.4 is 14.2 Å². The Hall–Kier alpha value is -2.46. The molecule has 24 heavy (non-hydrogen) atoms. The number of benzene rings is 2. The molecule has 2 aromatic rings. The lowest BCUT2D eigenvalue weighted by Crippen LogP contribution is -2.30. The predicted octanol–water partition coefficient (Wildman–Crippen LogP) is 3.99. The average Bonchev–Trinajstić information content (AvgIpc) is 2.59. The summed E-state index contributed by atoms with van der Waals surface area (Å²) in [5.74, 6) is 2.20. The van der Waals surface area contributed by atoms with Gasteiger partial charge in [0, 0.05) is 11.6 Å². The van der Waals surface area contributed by atoms with Crippen LogP contribution in [0.1, 0.15) is 31.1 Å². The van der Waals surface area contributed by atoms with Crippen LogP contribution in [0.25, 0.3) is 5.57 Å². The van der Waals surface area contributed by atoms with Gasteiger partial charge in [0.15, 0.2) is 0 Å². The van der Waals surface area contributed by atoms with Gasteiger partial charge in [0.25, 0.3) is 0 Å². The molecule has 1 aliphatic heterocycles. The van der Waals surface area contributed by atoms with Crippen molar-refractivity contribution in [3.63, 3.8) is 0 Å². The van der Waals surface area contributed by atoms with Crippen molar-refractivity contribution in [2.45, 2.75) is 25.6 Å². The van der Waals surface area contributed by atoms with E-state index in [1.165, 1.54) is 0 Å². The van der Waals surface area contributed by atoms with Crippen molar-refractivity contribution in [2.24, 2.45) is 0 Å². The van der Waals surface area contributed by atoms with Gasteiger partial charge in [-0.2, -0.15) is 0 Å². The van der Waals surface area contributed by atoms with E-state index < -0.39 is 11.7 Å². The van der Waals surface area contributed by atoms with Crippen LogP contribution in [0, 0.1) is 0 Å². The van der Waals surface area contributed by atoms with Crippen molar-refractivity contribution < 1.29 is 19.3 Å². The molecule has 126 valence electrons. The molecule has 1 N–H and O–H groups in total. The second kappa shape index (κ2) is 6.21. The van der Waals surface area contributed by atoms with Gasteiger partial charge in [0.05, 0.1) is 14.2 Å². The van der Waals surface area contributed by atoms with E-state index in [2.05, 4.69) is 0 Å². The van der Waals surface area contributed by atoms with Crippen molar-refractivity contribution in [3.8, 4) is 17.2 Å². The monoisotopic (exact) mass is 326 g/mol. The highest BCUT2D eigenvalue weighted by molar-refractivity contribution is 5.77. The molecule has 0 radical (unpaired) electrons. The summed E-state index contributed by atoms with van der Waals surface area (Å²) in [6.07, 6.45) is 1.22. The third kappa shape index (κ3) is 3.10. The van der Waals surface area contributed by atoms with E-state index in [9.17, 15) is 5.11 Å². The Morgan fingerprint density at radius 1 is 0.958 bits per heavy atom. The first-order valence-electron chi connectivity index (χ1n) is 7.86. The summed E-state index contributed by atoms with van der Waals surface area (Å²) in [5, 5.41) is 10.9. The van der Waals surface area contributed by atoms with Gasteiger partial charge in [0.1, 0.15) is 29.0 Å². The third-order valence-electron chi connectivity index (χ3n) is 4.10. The minimum Gasteiger partial charge on any atom is -0.497 e. The van der Waals surface area contributed by atoms with Crippen LogP contribution in [0.3, 0.4) is 0 Å². The Bertz CT molecular complexity index is 760. The zero-order chi connectivity index (χ0) is 17.3. The number of hydrogen-bond acceptors (Lipinski definition) is 4. The van der Waals surface area contributed by atoms with Crippen LogP contribution in [-0.2, 0) is 0 Å². The molecule has 1 unspecified atom stereocenters. The molecule has 4 heteroatoms. The number of rotatable bonds is 4. The van der Waals surface area contributed by atoms with Crippen LogP contribution in [0.5, 0.6) is 17.2 Å². The molecule has 0 saturated carbocycles. The van der Waals surface area contributed by atoms with Crippen LogP contribution in [0.15, 0.2) is 48.5 Å². The fraction of sp³-hybridized carbons (Fsp3) is 0.300. The number of methoxy groups -OCH3 is 2. The fourth-order valence-corrected chi connectivity index (χ4v) is 2.91. The maximum absolute atomic E-state index is 10.9. The van der Waals surface area contributed by atoms with E-state index >= 15 is 0 Å². The molecule has 0 saturated heterocycles. The van der Waals surface area contributed by atoms with Crippen molar-refractivity contribution in [1.82, 2.24) is 0 Å². The Kier molecular flexibility index (Phi) is 4.24. The molecule has 4 nitrogen and oxygen atoms in total. The molecule has 2 aromatic carbocycles. The Balaban J connectivity index is 2.03. The molecule has 0 aromatic heterocycles. The second-order valence-corrected chi connectivity index (χ2v) is 6.34. The topological polar surface area (TPSA) is 47.9 Å². The average molecular weight is 326 g/mol. The molecule has 0 aliphatic carbocycles. The molecule has 3 rings (SSSR count). The van der Waals surface area contributed by atoms with Crippen molar-refractivity contribution in [3.05, 3.63) is 59.7 Å². The maximum Gasteiger partial charge on any atom is 0.131 e. The highest BCUT2D eigenvalue weighted by Crippen LogP contribution is 2.43. The zero-order valence-electron chi connectivity index (χ0n) is 14.4. The number of aliphatic hydroxyl groups is 1. The zero-order valence-corrected chi connectivity index (χ0v) is 14.4. The first-order valence-corrected chi connectivity index (χ1v) is 7.86. The van der Waals surface area contributed by atoms with Gasteiger partial charge < -0.3 is 19.3 Å². The number of aliphatic hydroxyl groups excluding tert-OH is 1. The van der Waals surface area contributed by atoms with Crippen LogP contribution in [0.4, 0.5) is 0 Å². The van der Waals surface area contributed by atoms with Gasteiger partial charge in [0.2, 0.25) is 0 Å². The molecule has 0 amide bonds. The van der Waals surface area contributed by atoms with E-state index in [-0.39, 0.29) is 0 Å². The molecule has 1 atom stereocenters. The fourth-order valence-electron chi connectivity index (χ4n) is 2.91. The van der Waals surface area contributed by atoms with Gasteiger partial charge in [-0.25, -0.2) is 0 Å². The minimum absolute atomic E-state index is 0.512. The molecule has 0 spiro atoms. The predicted molar refractivity (Wildman–Crippen MR) is 93.6 cm³/mol. The van der Waals surface area contributed by atoms with E-state index in [0.717, 1.165) is 28.2 Å². The number of fused-ring (bicyclic) bond motifs is 1. The smallest absolute Gasteiger partial charge is 0.131 e. The minimum atomic E-state index is -0.744. The lowest BCUT2D eigenvalue weighted by atomic mass is 9.88. The van der Waals surface area contributed by atoms with Crippen LogP contribution in [-0.4, -0.2) is 24.9 Å². The lowest BCUT2D eigenvalue weighted by molar-refractivity contribution is 0.152. The maximum atomic E-state index is 10.9. The second-order valence-electron chi connectivity index (χ2n) is 6.34. The first kappa shape index (κ1) is 16.4. The molecule has 0 bridgehead atoms. The Labute approximate surface area is 142 Å². The summed E-state index contributed by atoms with van der Waals surface area (Å²) in [7, 11) is 3.25. The molecule has 0 fully saturated rings. The molecule has 1 aliphatic rings. The quantitative estimate of drug-likeness (QED) is 0.923. The normalized spacial score (nSPS) is 16.5. The summed E-state index contributed by atoms with van der Waals surface area (Å²) in [6.45, 7) is 3.94. The van der Waals surface area contributed by atoms with Gasteiger partial charge >= 0.3 is 0 Å². The van der Waals surface area contributed by atoms with Gasteiger partial charge in [-0.15, -0.1) is 0 Å².